The second-order valence-electron chi connectivity index (χ2n) is 3.53. The highest BCUT2D eigenvalue weighted by molar-refractivity contribution is 6.33. The van der Waals surface area contributed by atoms with Gasteiger partial charge in [0.1, 0.15) is 6.54 Å². The monoisotopic (exact) mass is 270 g/mol. The summed E-state index contributed by atoms with van der Waals surface area (Å²) in [4.78, 5) is 22.1. The van der Waals surface area contributed by atoms with Gasteiger partial charge in [0.05, 0.1) is 17.3 Å². The van der Waals surface area contributed by atoms with Crippen LogP contribution in [0.3, 0.4) is 0 Å². The molecule has 18 heavy (non-hydrogen) atoms. The molecule has 0 saturated heterocycles. The van der Waals surface area contributed by atoms with E-state index in [4.69, 9.17) is 16.3 Å². The fourth-order valence-electron chi connectivity index (χ4n) is 1.32. The Balaban J connectivity index is 2.69. The molecular formula is C12H15ClN2O3. The number of halogens is 1. The summed E-state index contributed by atoms with van der Waals surface area (Å²) in [5.74, 6) is -0.535. The van der Waals surface area contributed by atoms with Crippen LogP contribution in [0, 0.1) is 0 Å². The van der Waals surface area contributed by atoms with Gasteiger partial charge in [-0.3, -0.25) is 9.59 Å². The van der Waals surface area contributed by atoms with E-state index in [1.165, 1.54) is 6.92 Å². The van der Waals surface area contributed by atoms with Gasteiger partial charge in [0, 0.05) is 12.6 Å². The molecule has 2 N–H and O–H groups in total. The molecule has 1 amide bonds. The maximum atomic E-state index is 11.2. The average molecular weight is 271 g/mol. The number of amides is 1. The number of carbonyl (C=O) groups excluding carboxylic acids is 2. The highest BCUT2D eigenvalue weighted by Gasteiger charge is 2.06. The predicted octanol–water partition coefficient (Wildman–Crippen LogP) is 2.27. The minimum Gasteiger partial charge on any atom is -0.465 e. The van der Waals surface area contributed by atoms with E-state index in [-0.39, 0.29) is 18.4 Å². The zero-order valence-electron chi connectivity index (χ0n) is 10.2. The largest absolute Gasteiger partial charge is 0.465 e. The Morgan fingerprint density at radius 1 is 1.39 bits per heavy atom. The first-order valence-corrected chi connectivity index (χ1v) is 5.87. The Kier molecular flexibility index (Phi) is 5.45. The Bertz CT molecular complexity index is 449. The van der Waals surface area contributed by atoms with E-state index >= 15 is 0 Å². The van der Waals surface area contributed by atoms with Crippen LogP contribution in [0.1, 0.15) is 13.8 Å². The minimum absolute atomic E-state index is 0.0249. The summed E-state index contributed by atoms with van der Waals surface area (Å²) in [5.41, 5.74) is 1.18. The van der Waals surface area contributed by atoms with Crippen LogP contribution in [-0.4, -0.2) is 25.0 Å². The van der Waals surface area contributed by atoms with Gasteiger partial charge in [0.2, 0.25) is 5.91 Å². The van der Waals surface area contributed by atoms with E-state index in [0.717, 1.165) is 0 Å². The molecule has 0 saturated carbocycles. The zero-order valence-corrected chi connectivity index (χ0v) is 11.0. The van der Waals surface area contributed by atoms with E-state index in [1.54, 1.807) is 25.1 Å². The molecule has 0 unspecified atom stereocenters. The van der Waals surface area contributed by atoms with Crippen molar-refractivity contribution in [1.82, 2.24) is 0 Å². The third kappa shape index (κ3) is 4.63. The topological polar surface area (TPSA) is 67.4 Å². The maximum absolute atomic E-state index is 11.2. The van der Waals surface area contributed by atoms with Crippen LogP contribution in [0.25, 0.3) is 0 Å². The number of benzene rings is 1. The lowest BCUT2D eigenvalue weighted by molar-refractivity contribution is -0.140. The summed E-state index contributed by atoms with van der Waals surface area (Å²) in [6, 6.07) is 4.97. The highest BCUT2D eigenvalue weighted by Crippen LogP contribution is 2.25. The third-order valence-electron chi connectivity index (χ3n) is 2.02. The van der Waals surface area contributed by atoms with Gasteiger partial charge in [-0.1, -0.05) is 11.6 Å². The summed E-state index contributed by atoms with van der Waals surface area (Å²) in [7, 11) is 0. The fourth-order valence-corrected chi connectivity index (χ4v) is 1.51. The molecule has 0 aromatic heterocycles. The van der Waals surface area contributed by atoms with Crippen molar-refractivity contribution in [3.8, 4) is 0 Å². The summed E-state index contributed by atoms with van der Waals surface area (Å²) >= 11 is 5.97. The molecule has 0 aliphatic heterocycles. The Hall–Kier alpha value is -1.75. The van der Waals surface area contributed by atoms with Crippen LogP contribution >= 0.6 is 11.6 Å². The van der Waals surface area contributed by atoms with Crippen molar-refractivity contribution in [3.63, 3.8) is 0 Å². The Morgan fingerprint density at radius 3 is 2.72 bits per heavy atom. The van der Waals surface area contributed by atoms with Gasteiger partial charge in [-0.05, 0) is 25.1 Å². The molecule has 6 heteroatoms. The molecule has 0 heterocycles. The summed E-state index contributed by atoms with van der Waals surface area (Å²) in [6.45, 7) is 3.51. The fraction of sp³-hybridized carbons (Fsp3) is 0.333. The molecule has 1 aromatic rings. The van der Waals surface area contributed by atoms with Crippen molar-refractivity contribution < 1.29 is 14.3 Å². The molecule has 0 aliphatic carbocycles. The summed E-state index contributed by atoms with van der Waals surface area (Å²) < 4.78 is 4.78. The van der Waals surface area contributed by atoms with Gasteiger partial charge in [0.15, 0.2) is 0 Å². The van der Waals surface area contributed by atoms with Crippen LogP contribution in [-0.2, 0) is 14.3 Å². The van der Waals surface area contributed by atoms with E-state index in [9.17, 15) is 9.59 Å². The molecule has 5 nitrogen and oxygen atoms in total. The predicted molar refractivity (Wildman–Crippen MR) is 70.9 cm³/mol. The molecule has 0 radical (unpaired) electrons. The van der Waals surface area contributed by atoms with Crippen molar-refractivity contribution in [2.75, 3.05) is 23.8 Å². The number of carbonyl (C=O) groups is 2. The number of anilines is 2. The van der Waals surface area contributed by atoms with Crippen LogP contribution in [0.2, 0.25) is 5.02 Å². The standard InChI is InChI=1S/C12H15ClN2O3/c1-3-18-12(17)7-14-11-6-9(15-8(2)16)4-5-10(11)13/h4-6,14H,3,7H2,1-2H3,(H,15,16). The molecule has 1 rings (SSSR count). The van der Waals surface area contributed by atoms with Gasteiger partial charge < -0.3 is 15.4 Å². The van der Waals surface area contributed by atoms with Crippen molar-refractivity contribution in [1.29, 1.82) is 0 Å². The van der Waals surface area contributed by atoms with Crippen LogP contribution in [0.5, 0.6) is 0 Å². The van der Waals surface area contributed by atoms with Crippen LogP contribution < -0.4 is 10.6 Å². The van der Waals surface area contributed by atoms with Crippen molar-refractivity contribution in [2.24, 2.45) is 0 Å². The molecule has 0 bridgehead atoms. The van der Waals surface area contributed by atoms with Gasteiger partial charge >= 0.3 is 5.97 Å². The van der Waals surface area contributed by atoms with Gasteiger partial charge in [-0.25, -0.2) is 0 Å². The molecule has 98 valence electrons. The van der Waals surface area contributed by atoms with E-state index < -0.39 is 0 Å². The van der Waals surface area contributed by atoms with Gasteiger partial charge in [-0.15, -0.1) is 0 Å². The highest BCUT2D eigenvalue weighted by atomic mass is 35.5. The lowest BCUT2D eigenvalue weighted by Gasteiger charge is -2.10. The first kappa shape index (κ1) is 14.3. The number of esters is 1. The smallest absolute Gasteiger partial charge is 0.325 e. The van der Waals surface area contributed by atoms with Gasteiger partial charge in [-0.2, -0.15) is 0 Å². The van der Waals surface area contributed by atoms with Crippen LogP contribution in [0.15, 0.2) is 18.2 Å². The molecule has 1 aromatic carbocycles. The lowest BCUT2D eigenvalue weighted by atomic mass is 10.2. The van der Waals surface area contributed by atoms with E-state index in [0.29, 0.717) is 23.0 Å². The summed E-state index contributed by atoms with van der Waals surface area (Å²) in [6.07, 6.45) is 0. The first-order valence-electron chi connectivity index (χ1n) is 5.49. The zero-order chi connectivity index (χ0) is 13.5. The number of nitrogens with one attached hydrogen (secondary N) is 2. The Morgan fingerprint density at radius 2 is 2.11 bits per heavy atom. The SMILES string of the molecule is CCOC(=O)CNc1cc(NC(C)=O)ccc1Cl. The molecule has 0 fully saturated rings. The lowest BCUT2D eigenvalue weighted by Crippen LogP contribution is -2.17. The number of hydrogen-bond donors (Lipinski definition) is 2. The van der Waals surface area contributed by atoms with Crippen LogP contribution in [0.4, 0.5) is 11.4 Å². The normalized spacial score (nSPS) is 9.72. The second kappa shape index (κ2) is 6.86. The quantitative estimate of drug-likeness (QED) is 0.806. The molecular weight excluding hydrogens is 256 g/mol. The van der Waals surface area contributed by atoms with Crippen molar-refractivity contribution >= 4 is 34.9 Å². The first-order chi connectivity index (χ1) is 8.52. The van der Waals surface area contributed by atoms with Crippen molar-refractivity contribution in [2.45, 2.75) is 13.8 Å². The average Bonchev–Trinajstić information content (AvgIpc) is 2.29. The van der Waals surface area contributed by atoms with E-state index in [2.05, 4.69) is 10.6 Å². The Labute approximate surface area is 110 Å². The number of rotatable bonds is 5. The summed E-state index contributed by atoms with van der Waals surface area (Å²) in [5, 5.41) is 5.95. The van der Waals surface area contributed by atoms with E-state index in [1.807, 2.05) is 0 Å². The second-order valence-corrected chi connectivity index (χ2v) is 3.94. The maximum Gasteiger partial charge on any atom is 0.325 e. The molecule has 0 atom stereocenters. The molecule has 0 aliphatic rings. The van der Waals surface area contributed by atoms with Gasteiger partial charge in [0.25, 0.3) is 0 Å². The molecule has 0 spiro atoms. The minimum atomic E-state index is -0.363. The third-order valence-corrected chi connectivity index (χ3v) is 2.34. The van der Waals surface area contributed by atoms with Crippen molar-refractivity contribution in [3.05, 3.63) is 23.2 Å². The number of hydrogen-bond acceptors (Lipinski definition) is 4. The number of ether oxygens (including phenoxy) is 1.